The summed E-state index contributed by atoms with van der Waals surface area (Å²) in [4.78, 5) is 21.2. The van der Waals surface area contributed by atoms with Crippen molar-refractivity contribution >= 4 is 15.7 Å². The monoisotopic (exact) mass is 389 g/mol. The minimum atomic E-state index is -3.31. The number of sulfone groups is 1. The van der Waals surface area contributed by atoms with Gasteiger partial charge in [0.2, 0.25) is 0 Å². The third-order valence-electron chi connectivity index (χ3n) is 4.48. The first-order valence-corrected chi connectivity index (χ1v) is 10.7. The fraction of sp³-hybridized carbons (Fsp3) is 0.421. The van der Waals surface area contributed by atoms with Crippen molar-refractivity contribution < 1.29 is 18.3 Å². The fourth-order valence-electron chi connectivity index (χ4n) is 3.17. The first-order valence-electron chi connectivity index (χ1n) is 8.92. The topological polar surface area (TPSA) is 109 Å². The third-order valence-corrected chi connectivity index (χ3v) is 6.20. The molecule has 144 valence electrons. The summed E-state index contributed by atoms with van der Waals surface area (Å²) in [6.07, 6.45) is 0.806. The van der Waals surface area contributed by atoms with Gasteiger partial charge in [-0.2, -0.15) is 0 Å². The Kier molecular flexibility index (Phi) is 5.57. The molecule has 0 radical (unpaired) electrons. The minimum Gasteiger partial charge on any atom is -0.390 e. The maximum atomic E-state index is 12.4. The van der Waals surface area contributed by atoms with Crippen molar-refractivity contribution in [3.63, 3.8) is 0 Å². The Morgan fingerprint density at radius 2 is 1.93 bits per heavy atom. The lowest BCUT2D eigenvalue weighted by Crippen LogP contribution is -2.42. The normalized spacial score (nSPS) is 21.1. The summed E-state index contributed by atoms with van der Waals surface area (Å²) in [5.41, 5.74) is 3.06. The van der Waals surface area contributed by atoms with E-state index in [-0.39, 0.29) is 11.5 Å². The van der Waals surface area contributed by atoms with Crippen LogP contribution in [-0.4, -0.2) is 53.1 Å². The zero-order valence-electron chi connectivity index (χ0n) is 15.3. The lowest BCUT2D eigenvalue weighted by molar-refractivity contribution is 0.0889. The summed E-state index contributed by atoms with van der Waals surface area (Å²) in [7, 11) is -3.31. The van der Waals surface area contributed by atoms with Crippen LogP contribution in [0.3, 0.4) is 0 Å². The second-order valence-corrected chi connectivity index (χ2v) is 9.00. The van der Waals surface area contributed by atoms with Crippen molar-refractivity contribution in [3.8, 4) is 11.3 Å². The van der Waals surface area contributed by atoms with Crippen molar-refractivity contribution in [3.05, 3.63) is 47.4 Å². The highest BCUT2D eigenvalue weighted by Gasteiger charge is 2.37. The molecule has 1 aromatic carbocycles. The average Bonchev–Trinajstić information content (AvgIpc) is 2.86. The van der Waals surface area contributed by atoms with Gasteiger partial charge in [-0.1, -0.05) is 25.5 Å². The Bertz CT molecular complexity index is 942. The van der Waals surface area contributed by atoms with E-state index in [0.717, 1.165) is 29.8 Å². The molecule has 0 aliphatic carbocycles. The number of nitrogens with one attached hydrogen (secondary N) is 1. The number of aliphatic hydroxyl groups excluding tert-OH is 1. The third kappa shape index (κ3) is 4.70. The molecule has 3 rings (SSSR count). The molecule has 0 unspecified atom stereocenters. The van der Waals surface area contributed by atoms with Crippen LogP contribution in [0.15, 0.2) is 30.3 Å². The molecule has 0 saturated carbocycles. The van der Waals surface area contributed by atoms with Crippen LogP contribution < -0.4 is 5.32 Å². The number of aromatic nitrogens is 2. The van der Waals surface area contributed by atoms with Crippen LogP contribution in [0.5, 0.6) is 0 Å². The summed E-state index contributed by atoms with van der Waals surface area (Å²) in [6, 6.07) is 8.10. The van der Waals surface area contributed by atoms with Gasteiger partial charge >= 0.3 is 0 Å². The molecule has 1 aliphatic heterocycles. The molecule has 2 N–H and O–H groups in total. The van der Waals surface area contributed by atoms with Gasteiger partial charge in [0.15, 0.2) is 9.84 Å². The molecule has 1 amide bonds. The highest BCUT2D eigenvalue weighted by molar-refractivity contribution is 7.91. The maximum absolute atomic E-state index is 12.4. The standard InChI is InChI=1S/C19H23N3O4S/c1-3-4-15-9-16(21-12(2)20-15)13-5-7-14(8-6-13)19(24)22-17-10-27(25,26)11-18(17)23/h5-9,17-18,23H,3-4,10-11H2,1-2H3,(H,22,24)/t17-,18-/m1/s1. The lowest BCUT2D eigenvalue weighted by atomic mass is 10.1. The van der Waals surface area contributed by atoms with Crippen molar-refractivity contribution in [2.75, 3.05) is 11.5 Å². The summed E-state index contributed by atoms with van der Waals surface area (Å²) >= 11 is 0. The SMILES string of the molecule is CCCc1cc(-c2ccc(C(=O)N[C@@H]3CS(=O)(=O)C[C@H]3O)cc2)nc(C)n1. The van der Waals surface area contributed by atoms with Crippen LogP contribution in [-0.2, 0) is 16.3 Å². The van der Waals surface area contributed by atoms with Crippen LogP contribution in [0.25, 0.3) is 11.3 Å². The summed E-state index contributed by atoms with van der Waals surface area (Å²) in [5, 5.41) is 12.4. The number of hydrogen-bond donors (Lipinski definition) is 2. The summed E-state index contributed by atoms with van der Waals surface area (Å²) in [6.45, 7) is 3.95. The Labute approximate surface area is 158 Å². The van der Waals surface area contributed by atoms with E-state index < -0.39 is 27.9 Å². The van der Waals surface area contributed by atoms with Gasteiger partial charge in [0.05, 0.1) is 29.3 Å². The van der Waals surface area contributed by atoms with Crippen LogP contribution in [0.1, 0.15) is 35.2 Å². The largest absolute Gasteiger partial charge is 0.390 e. The van der Waals surface area contributed by atoms with Crippen molar-refractivity contribution in [1.82, 2.24) is 15.3 Å². The second-order valence-electron chi connectivity index (χ2n) is 6.84. The van der Waals surface area contributed by atoms with E-state index in [0.29, 0.717) is 11.4 Å². The molecule has 2 heterocycles. The molecular formula is C19H23N3O4S. The number of aliphatic hydroxyl groups is 1. The molecule has 1 fully saturated rings. The maximum Gasteiger partial charge on any atom is 0.251 e. The van der Waals surface area contributed by atoms with E-state index in [4.69, 9.17) is 0 Å². The minimum absolute atomic E-state index is 0.238. The van der Waals surface area contributed by atoms with E-state index in [1.54, 1.807) is 24.3 Å². The highest BCUT2D eigenvalue weighted by Crippen LogP contribution is 2.20. The van der Waals surface area contributed by atoms with Gasteiger partial charge in [-0.05, 0) is 31.5 Å². The van der Waals surface area contributed by atoms with Crippen LogP contribution in [0.4, 0.5) is 0 Å². The van der Waals surface area contributed by atoms with Crippen LogP contribution in [0.2, 0.25) is 0 Å². The lowest BCUT2D eigenvalue weighted by Gasteiger charge is -2.15. The van der Waals surface area contributed by atoms with Gasteiger partial charge < -0.3 is 10.4 Å². The molecule has 0 bridgehead atoms. The van der Waals surface area contributed by atoms with E-state index >= 15 is 0 Å². The Hall–Kier alpha value is -2.32. The molecule has 7 nitrogen and oxygen atoms in total. The predicted molar refractivity (Wildman–Crippen MR) is 102 cm³/mol. The predicted octanol–water partition coefficient (Wildman–Crippen LogP) is 1.29. The highest BCUT2D eigenvalue weighted by atomic mass is 32.2. The Balaban J connectivity index is 1.75. The first-order chi connectivity index (χ1) is 12.8. The van der Waals surface area contributed by atoms with Gasteiger partial charge in [0.25, 0.3) is 5.91 Å². The van der Waals surface area contributed by atoms with Crippen molar-refractivity contribution in [1.29, 1.82) is 0 Å². The number of carbonyl (C=O) groups is 1. The van der Waals surface area contributed by atoms with Gasteiger partial charge in [0, 0.05) is 16.8 Å². The number of carbonyl (C=O) groups excluding carboxylic acids is 1. The summed E-state index contributed by atoms with van der Waals surface area (Å²) in [5.74, 6) is -0.259. The van der Waals surface area contributed by atoms with Gasteiger partial charge in [-0.15, -0.1) is 0 Å². The average molecular weight is 389 g/mol. The van der Waals surface area contributed by atoms with Crippen LogP contribution >= 0.6 is 0 Å². The molecule has 27 heavy (non-hydrogen) atoms. The number of benzene rings is 1. The molecule has 1 aromatic heterocycles. The number of hydrogen-bond acceptors (Lipinski definition) is 6. The van der Waals surface area contributed by atoms with Crippen molar-refractivity contribution in [2.24, 2.45) is 0 Å². The van der Waals surface area contributed by atoms with Gasteiger partial charge in [-0.3, -0.25) is 4.79 Å². The van der Waals surface area contributed by atoms with E-state index in [1.165, 1.54) is 0 Å². The zero-order chi connectivity index (χ0) is 19.6. The molecule has 8 heteroatoms. The fourth-order valence-corrected chi connectivity index (χ4v) is 4.91. The van der Waals surface area contributed by atoms with E-state index in [1.807, 2.05) is 13.0 Å². The van der Waals surface area contributed by atoms with E-state index in [9.17, 15) is 18.3 Å². The molecule has 2 atom stereocenters. The Morgan fingerprint density at radius 3 is 2.52 bits per heavy atom. The smallest absolute Gasteiger partial charge is 0.251 e. The summed E-state index contributed by atoms with van der Waals surface area (Å²) < 4.78 is 23.1. The quantitative estimate of drug-likeness (QED) is 0.798. The molecule has 1 aliphatic rings. The number of rotatable bonds is 5. The van der Waals surface area contributed by atoms with Crippen LogP contribution in [0, 0.1) is 6.92 Å². The van der Waals surface area contributed by atoms with Gasteiger partial charge in [0.1, 0.15) is 5.82 Å². The molecule has 1 saturated heterocycles. The number of nitrogens with zero attached hydrogens (tertiary/aromatic N) is 2. The zero-order valence-corrected chi connectivity index (χ0v) is 16.2. The number of aryl methyl sites for hydroxylation is 2. The molecule has 0 spiro atoms. The second kappa shape index (κ2) is 7.74. The first kappa shape index (κ1) is 19.4. The number of amides is 1. The van der Waals surface area contributed by atoms with Gasteiger partial charge in [-0.25, -0.2) is 18.4 Å². The Morgan fingerprint density at radius 1 is 1.22 bits per heavy atom. The van der Waals surface area contributed by atoms with Crippen molar-refractivity contribution in [2.45, 2.75) is 38.8 Å². The molecule has 2 aromatic rings. The van der Waals surface area contributed by atoms with E-state index in [2.05, 4.69) is 22.2 Å². The molecular weight excluding hydrogens is 366 g/mol.